The van der Waals surface area contributed by atoms with Crippen LogP contribution in [0, 0.1) is 10.1 Å². The van der Waals surface area contributed by atoms with Crippen LogP contribution in [0.3, 0.4) is 0 Å². The zero-order valence-electron chi connectivity index (χ0n) is 10.4. The van der Waals surface area contributed by atoms with Gasteiger partial charge >= 0.3 is 5.69 Å². The molecule has 1 rings (SSSR count). The second-order valence-electron chi connectivity index (χ2n) is 3.90. The minimum absolute atomic E-state index is 0.0579. The van der Waals surface area contributed by atoms with Crippen molar-refractivity contribution in [3.8, 4) is 5.75 Å². The Labute approximate surface area is 111 Å². The normalized spacial score (nSPS) is 12.2. The summed E-state index contributed by atoms with van der Waals surface area (Å²) in [6.07, 6.45) is 0.524. The fourth-order valence-corrected chi connectivity index (χ4v) is 1.61. The molecule has 0 aliphatic carbocycles. The maximum atomic E-state index is 10.9. The second-order valence-corrected chi connectivity index (χ2v) is 4.17. The number of benzene rings is 1. The number of nitro groups is 1. The molecule has 0 aromatic heterocycles. The molecule has 1 unspecified atom stereocenters. The Kier molecular flexibility index (Phi) is 5.88. The third-order valence-electron chi connectivity index (χ3n) is 2.43. The summed E-state index contributed by atoms with van der Waals surface area (Å²) in [6.45, 7) is 2.40. The highest BCUT2D eigenvalue weighted by Crippen LogP contribution is 2.29. The third kappa shape index (κ3) is 4.16. The molecule has 0 radical (unpaired) electrons. The maximum Gasteiger partial charge on any atom is 0.311 e. The molecule has 0 spiro atoms. The average Bonchev–Trinajstić information content (AvgIpc) is 2.36. The predicted octanol–water partition coefficient (Wildman–Crippen LogP) is 3.14. The van der Waals surface area contributed by atoms with Crippen LogP contribution in [-0.4, -0.2) is 24.7 Å². The summed E-state index contributed by atoms with van der Waals surface area (Å²) < 4.78 is 10.5. The molecule has 0 amide bonds. The van der Waals surface area contributed by atoms with Gasteiger partial charge in [0.2, 0.25) is 0 Å². The molecule has 1 aromatic carbocycles. The Morgan fingerprint density at radius 2 is 2.22 bits per heavy atom. The lowest BCUT2D eigenvalue weighted by molar-refractivity contribution is -0.386. The standard InChI is InChI=1S/C12H16ClNO4/c1-9(5-6-17-2)18-12-4-3-10(8-13)7-11(12)14(15)16/h3-4,7,9H,5-6,8H2,1-2H3. The van der Waals surface area contributed by atoms with Crippen LogP contribution in [0.25, 0.3) is 0 Å². The van der Waals surface area contributed by atoms with Gasteiger partial charge < -0.3 is 9.47 Å². The van der Waals surface area contributed by atoms with E-state index in [-0.39, 0.29) is 23.4 Å². The van der Waals surface area contributed by atoms with E-state index in [1.165, 1.54) is 6.07 Å². The van der Waals surface area contributed by atoms with Crippen molar-refractivity contribution in [1.82, 2.24) is 0 Å². The number of hydrogen-bond acceptors (Lipinski definition) is 4. The molecule has 1 aromatic rings. The second kappa shape index (κ2) is 7.18. The third-order valence-corrected chi connectivity index (χ3v) is 2.74. The summed E-state index contributed by atoms with van der Waals surface area (Å²) in [5.41, 5.74) is 0.637. The summed E-state index contributed by atoms with van der Waals surface area (Å²) >= 11 is 5.65. The van der Waals surface area contributed by atoms with Gasteiger partial charge in [0.1, 0.15) is 0 Å². The molecule has 18 heavy (non-hydrogen) atoms. The van der Waals surface area contributed by atoms with Crippen molar-refractivity contribution < 1.29 is 14.4 Å². The lowest BCUT2D eigenvalue weighted by Gasteiger charge is -2.14. The fraction of sp³-hybridized carbons (Fsp3) is 0.500. The molecule has 0 saturated heterocycles. The quantitative estimate of drug-likeness (QED) is 0.435. The first-order chi connectivity index (χ1) is 8.58. The van der Waals surface area contributed by atoms with E-state index < -0.39 is 4.92 Å². The number of hydrogen-bond donors (Lipinski definition) is 0. The SMILES string of the molecule is COCCC(C)Oc1ccc(CCl)cc1[N+](=O)[O-]. The van der Waals surface area contributed by atoms with E-state index in [4.69, 9.17) is 21.1 Å². The van der Waals surface area contributed by atoms with Gasteiger partial charge in [-0.05, 0) is 18.6 Å². The van der Waals surface area contributed by atoms with E-state index in [9.17, 15) is 10.1 Å². The number of halogens is 1. The van der Waals surface area contributed by atoms with Crippen LogP contribution >= 0.6 is 11.6 Å². The first-order valence-electron chi connectivity index (χ1n) is 5.57. The number of alkyl halides is 1. The maximum absolute atomic E-state index is 10.9. The molecule has 0 heterocycles. The van der Waals surface area contributed by atoms with Crippen molar-refractivity contribution in [3.05, 3.63) is 33.9 Å². The first kappa shape index (κ1) is 14.7. The van der Waals surface area contributed by atoms with Crippen molar-refractivity contribution in [2.45, 2.75) is 25.3 Å². The average molecular weight is 274 g/mol. The topological polar surface area (TPSA) is 61.6 Å². The van der Waals surface area contributed by atoms with Crippen LogP contribution in [0.1, 0.15) is 18.9 Å². The van der Waals surface area contributed by atoms with E-state index in [2.05, 4.69) is 0 Å². The molecule has 0 aliphatic rings. The largest absolute Gasteiger partial charge is 0.484 e. The van der Waals surface area contributed by atoms with Crippen LogP contribution in [0.15, 0.2) is 18.2 Å². The minimum Gasteiger partial charge on any atom is -0.484 e. The summed E-state index contributed by atoms with van der Waals surface area (Å²) in [5, 5.41) is 10.9. The minimum atomic E-state index is -0.464. The Morgan fingerprint density at radius 3 is 2.78 bits per heavy atom. The van der Waals surface area contributed by atoms with Crippen LogP contribution < -0.4 is 4.74 Å². The molecule has 0 saturated carbocycles. The summed E-state index contributed by atoms with van der Waals surface area (Å²) in [5.74, 6) is 0.498. The van der Waals surface area contributed by atoms with Gasteiger partial charge in [0.25, 0.3) is 0 Å². The smallest absolute Gasteiger partial charge is 0.311 e. The van der Waals surface area contributed by atoms with Crippen LogP contribution in [0.4, 0.5) is 5.69 Å². The molecular formula is C12H16ClNO4. The highest BCUT2D eigenvalue weighted by molar-refractivity contribution is 6.17. The van der Waals surface area contributed by atoms with Crippen LogP contribution in [0.5, 0.6) is 5.75 Å². The van der Waals surface area contributed by atoms with Crippen molar-refractivity contribution in [2.24, 2.45) is 0 Å². The Hall–Kier alpha value is -1.33. The lowest BCUT2D eigenvalue weighted by atomic mass is 10.2. The van der Waals surface area contributed by atoms with Crippen LogP contribution in [0.2, 0.25) is 0 Å². The van der Waals surface area contributed by atoms with Crippen molar-refractivity contribution in [2.75, 3.05) is 13.7 Å². The molecular weight excluding hydrogens is 258 g/mol. The first-order valence-corrected chi connectivity index (χ1v) is 6.10. The van der Waals surface area contributed by atoms with E-state index >= 15 is 0 Å². The molecule has 100 valence electrons. The van der Waals surface area contributed by atoms with Gasteiger partial charge in [-0.1, -0.05) is 6.07 Å². The summed E-state index contributed by atoms with van der Waals surface area (Å²) in [4.78, 5) is 10.5. The van der Waals surface area contributed by atoms with Gasteiger partial charge in [0.05, 0.1) is 11.0 Å². The Bertz CT molecular complexity index is 411. The number of nitro benzene ring substituents is 1. The van der Waals surface area contributed by atoms with E-state index in [0.29, 0.717) is 18.6 Å². The molecule has 0 bridgehead atoms. The molecule has 0 fully saturated rings. The van der Waals surface area contributed by atoms with Crippen molar-refractivity contribution >= 4 is 17.3 Å². The van der Waals surface area contributed by atoms with E-state index in [0.717, 1.165) is 0 Å². The molecule has 0 aliphatic heterocycles. The van der Waals surface area contributed by atoms with Crippen molar-refractivity contribution in [3.63, 3.8) is 0 Å². The molecule has 6 heteroatoms. The zero-order chi connectivity index (χ0) is 13.5. The highest BCUT2D eigenvalue weighted by atomic mass is 35.5. The number of methoxy groups -OCH3 is 1. The van der Waals surface area contributed by atoms with Crippen molar-refractivity contribution in [1.29, 1.82) is 0 Å². The summed E-state index contributed by atoms with van der Waals surface area (Å²) in [7, 11) is 1.60. The Balaban J connectivity index is 2.84. The molecule has 1 atom stereocenters. The Morgan fingerprint density at radius 1 is 1.50 bits per heavy atom. The monoisotopic (exact) mass is 273 g/mol. The number of nitrogens with zero attached hydrogens (tertiary/aromatic N) is 1. The van der Waals surface area contributed by atoms with Gasteiger partial charge in [0.15, 0.2) is 5.75 Å². The fourth-order valence-electron chi connectivity index (χ4n) is 1.45. The molecule has 5 nitrogen and oxygen atoms in total. The van der Waals surface area contributed by atoms with Gasteiger partial charge in [-0.3, -0.25) is 10.1 Å². The lowest BCUT2D eigenvalue weighted by Crippen LogP contribution is -2.15. The zero-order valence-corrected chi connectivity index (χ0v) is 11.1. The number of rotatable bonds is 7. The van der Waals surface area contributed by atoms with E-state index in [1.807, 2.05) is 6.92 Å². The van der Waals surface area contributed by atoms with Crippen LogP contribution in [-0.2, 0) is 10.6 Å². The van der Waals surface area contributed by atoms with Gasteiger partial charge in [-0.2, -0.15) is 0 Å². The highest BCUT2D eigenvalue weighted by Gasteiger charge is 2.17. The van der Waals surface area contributed by atoms with E-state index in [1.54, 1.807) is 19.2 Å². The van der Waals surface area contributed by atoms with Gasteiger partial charge in [-0.15, -0.1) is 11.6 Å². The van der Waals surface area contributed by atoms with Gasteiger partial charge in [-0.25, -0.2) is 0 Å². The number of ether oxygens (including phenoxy) is 2. The molecule has 0 N–H and O–H groups in total. The summed E-state index contributed by atoms with van der Waals surface area (Å²) in [6, 6.07) is 4.74. The van der Waals surface area contributed by atoms with Gasteiger partial charge in [0, 0.05) is 32.1 Å². The predicted molar refractivity (Wildman–Crippen MR) is 69.2 cm³/mol.